The highest BCUT2D eigenvalue weighted by molar-refractivity contribution is 7.99. The number of fused-ring (bicyclic) bond motifs is 1. The largest absolute Gasteiger partial charge is 0.318 e. The molecule has 0 atom stereocenters. The minimum atomic E-state index is 1.04. The molecule has 1 aliphatic rings. The lowest BCUT2D eigenvalue weighted by molar-refractivity contribution is 0.648. The maximum absolute atomic E-state index is 3.45. The Labute approximate surface area is 109 Å². The second kappa shape index (κ2) is 7.04. The molecule has 0 amide bonds. The van der Waals surface area contributed by atoms with Gasteiger partial charge in [0.2, 0.25) is 0 Å². The molecule has 0 radical (unpaired) electrons. The van der Waals surface area contributed by atoms with E-state index in [0.717, 1.165) is 26.1 Å². The number of hydrogen-bond donors (Lipinski definition) is 2. The maximum Gasteiger partial charge on any atom is 0.0104 e. The van der Waals surface area contributed by atoms with Crippen LogP contribution in [0, 0.1) is 0 Å². The molecule has 0 aliphatic carbocycles. The summed E-state index contributed by atoms with van der Waals surface area (Å²) in [5.41, 5.74) is 3.04. The molecule has 1 aromatic rings. The SMILES string of the molecule is CNCCNCCc1ccc2c(c1)CCCS2. The van der Waals surface area contributed by atoms with Crippen LogP contribution in [0.5, 0.6) is 0 Å². The lowest BCUT2D eigenvalue weighted by Crippen LogP contribution is -2.26. The molecule has 3 heteroatoms. The van der Waals surface area contributed by atoms with Crippen molar-refractivity contribution in [3.63, 3.8) is 0 Å². The summed E-state index contributed by atoms with van der Waals surface area (Å²) in [7, 11) is 1.99. The molecular formula is C14H22N2S. The Morgan fingerprint density at radius 1 is 1.24 bits per heavy atom. The van der Waals surface area contributed by atoms with Crippen molar-refractivity contribution in [1.29, 1.82) is 0 Å². The zero-order chi connectivity index (χ0) is 11.9. The van der Waals surface area contributed by atoms with Crippen LogP contribution in [0.3, 0.4) is 0 Å². The highest BCUT2D eigenvalue weighted by Gasteiger charge is 2.09. The molecule has 94 valence electrons. The number of thioether (sulfide) groups is 1. The van der Waals surface area contributed by atoms with Crippen LogP contribution in [0.25, 0.3) is 0 Å². The summed E-state index contributed by atoms with van der Waals surface area (Å²) in [4.78, 5) is 1.50. The summed E-state index contributed by atoms with van der Waals surface area (Å²) < 4.78 is 0. The Hall–Kier alpha value is -0.510. The van der Waals surface area contributed by atoms with Gasteiger partial charge in [-0.15, -0.1) is 11.8 Å². The van der Waals surface area contributed by atoms with Crippen LogP contribution in [0.1, 0.15) is 17.5 Å². The smallest absolute Gasteiger partial charge is 0.0104 e. The average Bonchev–Trinajstić information content (AvgIpc) is 2.38. The Kier molecular flexibility index (Phi) is 5.36. The fourth-order valence-electron chi connectivity index (χ4n) is 2.14. The number of rotatable bonds is 6. The third kappa shape index (κ3) is 4.02. The quantitative estimate of drug-likeness (QED) is 0.756. The molecule has 0 aromatic heterocycles. The average molecular weight is 250 g/mol. The number of nitrogens with one attached hydrogen (secondary N) is 2. The van der Waals surface area contributed by atoms with E-state index in [1.54, 1.807) is 5.56 Å². The van der Waals surface area contributed by atoms with E-state index in [2.05, 4.69) is 28.8 Å². The van der Waals surface area contributed by atoms with Crippen LogP contribution in [0.2, 0.25) is 0 Å². The lowest BCUT2D eigenvalue weighted by Gasteiger charge is -2.16. The molecule has 0 bridgehead atoms. The molecule has 17 heavy (non-hydrogen) atoms. The summed E-state index contributed by atoms with van der Waals surface area (Å²) in [5.74, 6) is 1.29. The molecule has 0 saturated heterocycles. The second-order valence-corrected chi connectivity index (χ2v) is 5.63. The fraction of sp³-hybridized carbons (Fsp3) is 0.571. The molecule has 0 saturated carbocycles. The van der Waals surface area contributed by atoms with Gasteiger partial charge in [-0.2, -0.15) is 0 Å². The Morgan fingerprint density at radius 2 is 2.18 bits per heavy atom. The molecule has 1 aromatic carbocycles. The zero-order valence-corrected chi connectivity index (χ0v) is 11.4. The molecule has 2 rings (SSSR count). The minimum absolute atomic E-state index is 1.04. The van der Waals surface area contributed by atoms with E-state index >= 15 is 0 Å². The molecule has 0 unspecified atom stereocenters. The van der Waals surface area contributed by atoms with E-state index in [1.165, 1.54) is 29.1 Å². The Bertz CT molecular complexity index is 352. The van der Waals surface area contributed by atoms with E-state index in [-0.39, 0.29) is 0 Å². The fourth-order valence-corrected chi connectivity index (χ4v) is 3.16. The molecular weight excluding hydrogens is 228 g/mol. The van der Waals surface area contributed by atoms with Gasteiger partial charge < -0.3 is 10.6 Å². The topological polar surface area (TPSA) is 24.1 Å². The van der Waals surface area contributed by atoms with Gasteiger partial charge in [-0.25, -0.2) is 0 Å². The first kappa shape index (κ1) is 12.9. The summed E-state index contributed by atoms with van der Waals surface area (Å²) >= 11 is 2.01. The molecule has 1 aliphatic heterocycles. The zero-order valence-electron chi connectivity index (χ0n) is 10.6. The summed E-state index contributed by atoms with van der Waals surface area (Å²) in [6.07, 6.45) is 3.74. The van der Waals surface area contributed by atoms with Crippen LogP contribution < -0.4 is 10.6 Å². The van der Waals surface area contributed by atoms with Gasteiger partial charge in [0.25, 0.3) is 0 Å². The monoisotopic (exact) mass is 250 g/mol. The van der Waals surface area contributed by atoms with Gasteiger partial charge in [0.1, 0.15) is 0 Å². The van der Waals surface area contributed by atoms with E-state index in [0.29, 0.717) is 0 Å². The van der Waals surface area contributed by atoms with Crippen molar-refractivity contribution in [2.45, 2.75) is 24.2 Å². The second-order valence-electron chi connectivity index (χ2n) is 4.50. The molecule has 2 N–H and O–H groups in total. The molecule has 0 fully saturated rings. The highest BCUT2D eigenvalue weighted by Crippen LogP contribution is 2.30. The van der Waals surface area contributed by atoms with E-state index in [9.17, 15) is 0 Å². The van der Waals surface area contributed by atoms with Crippen LogP contribution in [-0.4, -0.2) is 32.4 Å². The van der Waals surface area contributed by atoms with Gasteiger partial charge in [-0.1, -0.05) is 12.1 Å². The number of benzene rings is 1. The van der Waals surface area contributed by atoms with Crippen LogP contribution in [0.15, 0.2) is 23.1 Å². The summed E-state index contributed by atoms with van der Waals surface area (Å²) in [5, 5.41) is 6.59. The lowest BCUT2D eigenvalue weighted by atomic mass is 10.0. The summed E-state index contributed by atoms with van der Waals surface area (Å²) in [6, 6.07) is 7.00. The van der Waals surface area contributed by atoms with Crippen molar-refractivity contribution in [3.8, 4) is 0 Å². The first-order valence-corrected chi connectivity index (χ1v) is 7.48. The molecule has 1 heterocycles. The van der Waals surface area contributed by atoms with E-state index in [1.807, 2.05) is 18.8 Å². The third-order valence-electron chi connectivity index (χ3n) is 3.12. The highest BCUT2D eigenvalue weighted by atomic mass is 32.2. The van der Waals surface area contributed by atoms with Crippen molar-refractivity contribution in [2.75, 3.05) is 32.4 Å². The Balaban J connectivity index is 1.81. The van der Waals surface area contributed by atoms with Crippen molar-refractivity contribution in [3.05, 3.63) is 29.3 Å². The van der Waals surface area contributed by atoms with Gasteiger partial charge in [0.15, 0.2) is 0 Å². The number of aryl methyl sites for hydroxylation is 1. The number of hydrogen-bond acceptors (Lipinski definition) is 3. The van der Waals surface area contributed by atoms with Crippen LogP contribution >= 0.6 is 11.8 Å². The van der Waals surface area contributed by atoms with Gasteiger partial charge >= 0.3 is 0 Å². The maximum atomic E-state index is 3.45. The van der Waals surface area contributed by atoms with Gasteiger partial charge in [0.05, 0.1) is 0 Å². The Morgan fingerprint density at radius 3 is 3.06 bits per heavy atom. The first-order valence-electron chi connectivity index (χ1n) is 6.50. The van der Waals surface area contributed by atoms with E-state index < -0.39 is 0 Å². The minimum Gasteiger partial charge on any atom is -0.318 e. The molecule has 0 spiro atoms. The van der Waals surface area contributed by atoms with Crippen molar-refractivity contribution < 1.29 is 0 Å². The predicted molar refractivity (Wildman–Crippen MR) is 76.0 cm³/mol. The number of likely N-dealkylation sites (N-methyl/N-ethyl adjacent to an activating group) is 1. The van der Waals surface area contributed by atoms with E-state index in [4.69, 9.17) is 0 Å². The predicted octanol–water partition coefficient (Wildman–Crippen LogP) is 2.08. The first-order chi connectivity index (χ1) is 8.40. The van der Waals surface area contributed by atoms with Crippen LogP contribution in [-0.2, 0) is 12.8 Å². The van der Waals surface area contributed by atoms with Crippen molar-refractivity contribution in [2.24, 2.45) is 0 Å². The van der Waals surface area contributed by atoms with Gasteiger partial charge in [0, 0.05) is 18.0 Å². The van der Waals surface area contributed by atoms with Crippen molar-refractivity contribution in [1.82, 2.24) is 10.6 Å². The van der Waals surface area contributed by atoms with Gasteiger partial charge in [-0.05, 0) is 55.8 Å². The molecule has 2 nitrogen and oxygen atoms in total. The normalized spacial score (nSPS) is 14.6. The third-order valence-corrected chi connectivity index (χ3v) is 4.32. The standard InChI is InChI=1S/C14H22N2S/c1-15-8-9-16-7-6-12-4-5-14-13(11-12)3-2-10-17-14/h4-5,11,15-16H,2-3,6-10H2,1H3. The summed E-state index contributed by atoms with van der Waals surface area (Å²) in [6.45, 7) is 3.17. The van der Waals surface area contributed by atoms with Gasteiger partial charge in [-0.3, -0.25) is 0 Å². The van der Waals surface area contributed by atoms with Crippen LogP contribution in [0.4, 0.5) is 0 Å². The van der Waals surface area contributed by atoms with Crippen molar-refractivity contribution >= 4 is 11.8 Å².